The minimum Gasteiger partial charge on any atom is -0.479 e. The van der Waals surface area contributed by atoms with Gasteiger partial charge >= 0.3 is 5.97 Å². The van der Waals surface area contributed by atoms with E-state index in [0.29, 0.717) is 0 Å². The van der Waals surface area contributed by atoms with E-state index in [4.69, 9.17) is 5.73 Å². The third kappa shape index (κ3) is 4.37. The molecule has 0 radical (unpaired) electrons. The maximum Gasteiger partial charge on any atom is 0.309 e. The van der Waals surface area contributed by atoms with Crippen molar-refractivity contribution < 1.29 is 36.4 Å². The molecule has 0 heterocycles. The minimum atomic E-state index is -1.78. The van der Waals surface area contributed by atoms with Crippen LogP contribution < -0.4 is 10.5 Å². The Morgan fingerprint density at radius 2 is 1.71 bits per heavy atom. The van der Waals surface area contributed by atoms with Crippen molar-refractivity contribution in [1.82, 2.24) is 0 Å². The molecule has 0 aliphatic rings. The topological polar surface area (TPSA) is 78.6 Å². The van der Waals surface area contributed by atoms with E-state index in [1.807, 2.05) is 0 Å². The van der Waals surface area contributed by atoms with Crippen molar-refractivity contribution in [3.8, 4) is 5.75 Å². The summed E-state index contributed by atoms with van der Waals surface area (Å²) in [5, 5.41) is 0. The molecule has 0 saturated heterocycles. The Morgan fingerprint density at radius 3 is 2.19 bits per heavy atom. The average Bonchev–Trinajstić information content (AvgIpc) is 2.44. The third-order valence-electron chi connectivity index (χ3n) is 2.36. The predicted molar refractivity (Wildman–Crippen MR) is 65.2 cm³/mol. The molecule has 10 heteroatoms. The Morgan fingerprint density at radius 1 is 1.19 bits per heavy atom. The van der Waals surface area contributed by atoms with E-state index in [0.717, 1.165) is 0 Å². The van der Waals surface area contributed by atoms with Gasteiger partial charge in [0.15, 0.2) is 23.2 Å². The smallest absolute Gasteiger partial charge is 0.309 e. The summed E-state index contributed by atoms with van der Waals surface area (Å²) in [7, 11) is 1.65. The number of carbonyl (C=O) groups excluding carboxylic acids is 2. The third-order valence-corrected chi connectivity index (χ3v) is 2.62. The molecule has 0 bridgehead atoms. The molecule has 2 atom stereocenters. The van der Waals surface area contributed by atoms with Gasteiger partial charge in [0.25, 0.3) is 0 Å². The number of halogens is 4. The molecule has 0 amide bonds. The second-order valence-electron chi connectivity index (χ2n) is 3.85. The van der Waals surface area contributed by atoms with Crippen LogP contribution in [0.15, 0.2) is 6.07 Å². The molecule has 0 saturated carbocycles. The molecule has 0 fully saturated rings. The zero-order valence-corrected chi connectivity index (χ0v) is 11.5. The first-order valence-corrected chi connectivity index (χ1v) is 5.88. The summed E-state index contributed by atoms with van der Waals surface area (Å²) in [6, 6.07) is -1.34. The Kier molecular flexibility index (Phi) is 6.04. The zero-order valence-electron chi connectivity index (χ0n) is 10.4. The lowest BCUT2D eigenvalue weighted by Crippen LogP contribution is -2.36. The molecule has 116 valence electrons. The first-order chi connectivity index (χ1) is 9.77. The number of ketones is 1. The summed E-state index contributed by atoms with van der Waals surface area (Å²) in [6.45, 7) is -0.970. The van der Waals surface area contributed by atoms with Crippen LogP contribution in [0.25, 0.3) is 0 Å². The van der Waals surface area contributed by atoms with Crippen molar-refractivity contribution in [2.75, 3.05) is 6.61 Å². The van der Waals surface area contributed by atoms with Gasteiger partial charge in [-0.1, -0.05) is 0 Å². The number of benzene rings is 1. The van der Waals surface area contributed by atoms with Gasteiger partial charge in [-0.2, -0.15) is 8.78 Å². The van der Waals surface area contributed by atoms with E-state index in [2.05, 4.69) is 9.26 Å². The fourth-order valence-electron chi connectivity index (χ4n) is 1.27. The van der Waals surface area contributed by atoms with Crippen molar-refractivity contribution >= 4 is 21.2 Å². The van der Waals surface area contributed by atoms with Crippen LogP contribution >= 0.6 is 9.47 Å². The molecule has 1 aromatic rings. The highest BCUT2D eigenvalue weighted by molar-refractivity contribution is 7.10. The van der Waals surface area contributed by atoms with Crippen molar-refractivity contribution in [2.24, 2.45) is 5.73 Å². The fourth-order valence-corrected chi connectivity index (χ4v) is 1.37. The Bertz CT molecular complexity index is 543. The summed E-state index contributed by atoms with van der Waals surface area (Å²) >= 11 is 0. The SMILES string of the molecule is N[C@@H](CC(=O)OP)C(=O)COc1c(F)c(F)cc(F)c1F. The summed E-state index contributed by atoms with van der Waals surface area (Å²) in [5.41, 5.74) is 5.32. The summed E-state index contributed by atoms with van der Waals surface area (Å²) in [4.78, 5) is 22.3. The van der Waals surface area contributed by atoms with Crippen LogP contribution in [-0.4, -0.2) is 24.4 Å². The molecule has 2 N–H and O–H groups in total. The lowest BCUT2D eigenvalue weighted by Gasteiger charge is -2.12. The van der Waals surface area contributed by atoms with Crippen LogP contribution in [0.3, 0.4) is 0 Å². The van der Waals surface area contributed by atoms with Crippen LogP contribution in [-0.2, 0) is 14.1 Å². The Labute approximate surface area is 118 Å². The number of hydrogen-bond donors (Lipinski definition) is 1. The lowest BCUT2D eigenvalue weighted by molar-refractivity contribution is -0.136. The summed E-state index contributed by atoms with van der Waals surface area (Å²) in [5.74, 6) is -10.00. The van der Waals surface area contributed by atoms with Gasteiger partial charge in [-0.05, 0) is 0 Å². The monoisotopic (exact) mass is 327 g/mol. The van der Waals surface area contributed by atoms with Crippen LogP contribution in [0.5, 0.6) is 5.75 Å². The van der Waals surface area contributed by atoms with Crippen LogP contribution in [0.1, 0.15) is 6.42 Å². The van der Waals surface area contributed by atoms with Crippen LogP contribution in [0, 0.1) is 23.3 Å². The van der Waals surface area contributed by atoms with Crippen molar-refractivity contribution in [3.63, 3.8) is 0 Å². The van der Waals surface area contributed by atoms with Gasteiger partial charge in [0.2, 0.25) is 11.6 Å². The van der Waals surface area contributed by atoms with E-state index >= 15 is 0 Å². The molecule has 21 heavy (non-hydrogen) atoms. The van der Waals surface area contributed by atoms with E-state index in [1.54, 1.807) is 9.47 Å². The first-order valence-electron chi connectivity index (χ1n) is 5.41. The number of rotatable bonds is 6. The lowest BCUT2D eigenvalue weighted by atomic mass is 10.1. The molecule has 0 aliphatic carbocycles. The number of hydrogen-bond acceptors (Lipinski definition) is 5. The Balaban J connectivity index is 2.76. The molecular weight excluding hydrogens is 317 g/mol. The van der Waals surface area contributed by atoms with Gasteiger partial charge in [-0.15, -0.1) is 0 Å². The molecule has 5 nitrogen and oxygen atoms in total. The van der Waals surface area contributed by atoms with Crippen molar-refractivity contribution in [1.29, 1.82) is 0 Å². The van der Waals surface area contributed by atoms with Gasteiger partial charge in [0.1, 0.15) is 6.61 Å². The van der Waals surface area contributed by atoms with E-state index in [9.17, 15) is 27.2 Å². The highest BCUT2D eigenvalue weighted by Crippen LogP contribution is 2.26. The van der Waals surface area contributed by atoms with E-state index in [-0.39, 0.29) is 6.07 Å². The molecule has 1 unspecified atom stereocenters. The van der Waals surface area contributed by atoms with E-state index < -0.39 is 59.8 Å². The maximum absolute atomic E-state index is 13.2. The van der Waals surface area contributed by atoms with Crippen molar-refractivity contribution in [2.45, 2.75) is 12.5 Å². The van der Waals surface area contributed by atoms with Gasteiger partial charge in [-0.25, -0.2) is 8.78 Å². The standard InChI is InChI=1S/C11H10F4NO4P/c12-4-1-5(13)10(15)11(9(4)14)19-3-7(17)6(16)2-8(18)20-21/h1,6H,2-3,16,21H2/t6-/m0/s1. The maximum atomic E-state index is 13.2. The van der Waals surface area contributed by atoms with Crippen LogP contribution in [0.2, 0.25) is 0 Å². The Hall–Kier alpha value is -1.73. The number of nitrogens with two attached hydrogens (primary N) is 1. The second-order valence-corrected chi connectivity index (χ2v) is 4.09. The minimum absolute atomic E-state index is 0.00000501. The summed E-state index contributed by atoms with van der Waals surface area (Å²) in [6.07, 6.45) is -0.492. The molecule has 0 aromatic heterocycles. The van der Waals surface area contributed by atoms with Gasteiger partial charge < -0.3 is 15.0 Å². The highest BCUT2D eigenvalue weighted by atomic mass is 31.0. The van der Waals surface area contributed by atoms with Crippen molar-refractivity contribution in [3.05, 3.63) is 29.3 Å². The first kappa shape index (κ1) is 17.3. The fraction of sp³-hybridized carbons (Fsp3) is 0.273. The predicted octanol–water partition coefficient (Wildman–Crippen LogP) is 1.24. The quantitative estimate of drug-likeness (QED) is 0.483. The largest absolute Gasteiger partial charge is 0.479 e. The molecule has 0 aliphatic heterocycles. The molecule has 1 aromatic carbocycles. The van der Waals surface area contributed by atoms with E-state index in [1.165, 1.54) is 0 Å². The number of ether oxygens (including phenoxy) is 1. The molecular formula is C11H10F4NO4P. The molecule has 0 spiro atoms. The normalized spacial score (nSPS) is 11.9. The second kappa shape index (κ2) is 7.33. The number of Topliss-reactive ketones (excluding diaryl/α,β-unsaturated/α-hetero) is 1. The highest BCUT2D eigenvalue weighted by Gasteiger charge is 2.23. The van der Waals surface area contributed by atoms with Gasteiger partial charge in [0.05, 0.1) is 21.9 Å². The average molecular weight is 327 g/mol. The molecule has 1 rings (SSSR count). The van der Waals surface area contributed by atoms with Gasteiger partial charge in [-0.3, -0.25) is 9.59 Å². The summed E-state index contributed by atoms with van der Waals surface area (Å²) < 4.78 is 60.8. The zero-order chi connectivity index (χ0) is 16.2. The van der Waals surface area contributed by atoms with Gasteiger partial charge in [0, 0.05) is 6.07 Å². The number of carbonyl (C=O) groups is 2. The van der Waals surface area contributed by atoms with Crippen LogP contribution in [0.4, 0.5) is 17.6 Å².